The second-order valence-corrected chi connectivity index (χ2v) is 6.33. The molecule has 15 heavy (non-hydrogen) atoms. The molecule has 4 nitrogen and oxygen atoms in total. The van der Waals surface area contributed by atoms with Crippen LogP contribution in [0.3, 0.4) is 0 Å². The summed E-state index contributed by atoms with van der Waals surface area (Å²) in [5.74, 6) is 0.573. The van der Waals surface area contributed by atoms with E-state index in [1.807, 2.05) is 19.9 Å². The van der Waals surface area contributed by atoms with Gasteiger partial charge in [-0.3, -0.25) is 4.52 Å². The average Bonchev–Trinajstić information content (AvgIpc) is 2.19. The van der Waals surface area contributed by atoms with Gasteiger partial charge < -0.3 is 0 Å². The smallest absolute Gasteiger partial charge is 0.254 e. The Labute approximate surface area is 94.7 Å². The quantitative estimate of drug-likeness (QED) is 0.643. The molecule has 2 rings (SSSR count). The zero-order chi connectivity index (χ0) is 10.9. The molecule has 2 heterocycles. The molecule has 1 aliphatic rings. The lowest BCUT2D eigenvalue weighted by Gasteiger charge is -2.21. The van der Waals surface area contributed by atoms with Crippen LogP contribution in [0, 0.1) is 6.92 Å². The third-order valence-corrected chi connectivity index (χ3v) is 4.32. The standard InChI is InChI=1S/C9H13NO3PS/c1-3-11-14(15)12-6-8-4-7(2)5-10-9(8)13-14/h4-5,15H,3,6H2,1-2H3/q+1. The summed E-state index contributed by atoms with van der Waals surface area (Å²) in [5.41, 5.74) is 2.03. The summed E-state index contributed by atoms with van der Waals surface area (Å²) in [5, 5.41) is 0. The highest BCUT2D eigenvalue weighted by atomic mass is 32.7. The fourth-order valence-corrected chi connectivity index (χ4v) is 3.26. The Hall–Kier alpha value is -0.350. The first kappa shape index (κ1) is 11.1. The monoisotopic (exact) mass is 246 g/mol. The molecule has 82 valence electrons. The Morgan fingerprint density at radius 1 is 1.67 bits per heavy atom. The zero-order valence-electron chi connectivity index (χ0n) is 8.64. The molecule has 1 aromatic rings. The van der Waals surface area contributed by atoms with Gasteiger partial charge in [0, 0.05) is 6.20 Å². The first-order chi connectivity index (χ1) is 7.13. The fraction of sp³-hybridized carbons (Fsp3) is 0.444. The average molecular weight is 246 g/mol. The van der Waals surface area contributed by atoms with E-state index >= 15 is 0 Å². The molecular formula is C9H13NO3PS+. The van der Waals surface area contributed by atoms with Gasteiger partial charge in [-0.25, -0.2) is 4.98 Å². The van der Waals surface area contributed by atoms with Crippen molar-refractivity contribution in [2.45, 2.75) is 20.5 Å². The molecule has 1 unspecified atom stereocenters. The third-order valence-electron chi connectivity index (χ3n) is 1.94. The van der Waals surface area contributed by atoms with E-state index in [2.05, 4.69) is 17.2 Å². The Balaban J connectivity index is 2.23. The predicted molar refractivity (Wildman–Crippen MR) is 61.9 cm³/mol. The van der Waals surface area contributed by atoms with Crippen molar-refractivity contribution in [2.75, 3.05) is 6.61 Å². The molecule has 0 aliphatic carbocycles. The highest BCUT2D eigenvalue weighted by molar-refractivity contribution is 8.47. The minimum atomic E-state index is -2.48. The Bertz CT molecular complexity index is 376. The lowest BCUT2D eigenvalue weighted by Crippen LogP contribution is -2.12. The van der Waals surface area contributed by atoms with Gasteiger partial charge >= 0.3 is 7.15 Å². The number of nitrogens with zero attached hydrogens (tertiary/aromatic N) is 1. The van der Waals surface area contributed by atoms with Crippen molar-refractivity contribution in [1.29, 1.82) is 0 Å². The van der Waals surface area contributed by atoms with E-state index in [-0.39, 0.29) is 0 Å². The molecule has 1 atom stereocenters. The van der Waals surface area contributed by atoms with Crippen molar-refractivity contribution < 1.29 is 13.6 Å². The number of thiol groups is 1. The maximum atomic E-state index is 5.53. The minimum Gasteiger partial charge on any atom is -0.254 e. The Morgan fingerprint density at radius 2 is 2.47 bits per heavy atom. The van der Waals surface area contributed by atoms with Crippen molar-refractivity contribution in [3.8, 4) is 5.88 Å². The fourth-order valence-electron chi connectivity index (χ4n) is 1.32. The van der Waals surface area contributed by atoms with Gasteiger partial charge in [0.05, 0.1) is 12.2 Å². The van der Waals surface area contributed by atoms with Crippen LogP contribution in [0.1, 0.15) is 18.1 Å². The number of aryl methyl sites for hydroxylation is 1. The second kappa shape index (κ2) is 4.26. The van der Waals surface area contributed by atoms with Crippen molar-refractivity contribution in [3.05, 3.63) is 23.4 Å². The highest BCUT2D eigenvalue weighted by Gasteiger charge is 2.47. The number of rotatable bonds is 2. The van der Waals surface area contributed by atoms with Crippen LogP contribution in [0.4, 0.5) is 0 Å². The molecule has 0 spiro atoms. The van der Waals surface area contributed by atoms with Gasteiger partial charge in [-0.1, -0.05) is 0 Å². The molecule has 6 heteroatoms. The van der Waals surface area contributed by atoms with Crippen LogP contribution in [-0.2, 0) is 15.7 Å². The van der Waals surface area contributed by atoms with E-state index in [4.69, 9.17) is 13.6 Å². The summed E-state index contributed by atoms with van der Waals surface area (Å²) in [7, 11) is -2.48. The molecule has 0 radical (unpaired) electrons. The number of aromatic nitrogens is 1. The van der Waals surface area contributed by atoms with Crippen molar-refractivity contribution in [3.63, 3.8) is 0 Å². The third kappa shape index (κ3) is 2.42. The number of hydrogen-bond acceptors (Lipinski definition) is 5. The molecule has 0 fully saturated rings. The van der Waals surface area contributed by atoms with Gasteiger partial charge in [0.25, 0.3) is 5.88 Å². The normalized spacial score (nSPS) is 24.5. The molecule has 0 saturated heterocycles. The van der Waals surface area contributed by atoms with Gasteiger partial charge in [0.15, 0.2) is 0 Å². The van der Waals surface area contributed by atoms with Gasteiger partial charge in [-0.15, -0.1) is 0 Å². The summed E-state index contributed by atoms with van der Waals surface area (Å²) >= 11 is 4.29. The first-order valence-corrected chi connectivity index (χ1v) is 7.38. The zero-order valence-corrected chi connectivity index (χ0v) is 10.4. The van der Waals surface area contributed by atoms with E-state index in [0.717, 1.165) is 11.1 Å². The van der Waals surface area contributed by atoms with E-state index < -0.39 is 7.15 Å². The van der Waals surface area contributed by atoms with Crippen LogP contribution in [-0.4, -0.2) is 11.6 Å². The van der Waals surface area contributed by atoms with Gasteiger partial charge in [-0.05, 0) is 25.5 Å². The highest BCUT2D eigenvalue weighted by Crippen LogP contribution is 2.68. The lowest BCUT2D eigenvalue weighted by molar-refractivity contribution is 0.179. The Morgan fingerprint density at radius 3 is 3.20 bits per heavy atom. The van der Waals surface area contributed by atoms with Crippen LogP contribution >= 0.6 is 19.4 Å². The number of fused-ring (bicyclic) bond motifs is 1. The molecule has 1 aromatic heterocycles. The predicted octanol–water partition coefficient (Wildman–Crippen LogP) is 2.94. The molecule has 0 N–H and O–H groups in total. The van der Waals surface area contributed by atoms with Crippen LogP contribution in [0.5, 0.6) is 5.88 Å². The topological polar surface area (TPSA) is 40.6 Å². The molecule has 1 aliphatic heterocycles. The summed E-state index contributed by atoms with van der Waals surface area (Å²) in [6.07, 6.45) is 1.76. The molecule has 0 saturated carbocycles. The lowest BCUT2D eigenvalue weighted by atomic mass is 10.2. The van der Waals surface area contributed by atoms with Gasteiger partial charge in [0.2, 0.25) is 0 Å². The van der Waals surface area contributed by atoms with Crippen molar-refractivity contribution in [1.82, 2.24) is 4.98 Å². The maximum absolute atomic E-state index is 5.53. The van der Waals surface area contributed by atoms with Crippen LogP contribution in [0.2, 0.25) is 0 Å². The van der Waals surface area contributed by atoms with Crippen LogP contribution in [0.15, 0.2) is 12.3 Å². The summed E-state index contributed by atoms with van der Waals surface area (Å²) in [4.78, 5) is 4.19. The SMILES string of the molecule is CCO[P+]1(S)OCc2cc(C)cnc2O1. The van der Waals surface area contributed by atoms with Crippen molar-refractivity contribution in [2.24, 2.45) is 0 Å². The maximum Gasteiger partial charge on any atom is 0.523 e. The van der Waals surface area contributed by atoms with E-state index in [0.29, 0.717) is 19.1 Å². The largest absolute Gasteiger partial charge is 0.523 e. The van der Waals surface area contributed by atoms with E-state index in [9.17, 15) is 0 Å². The number of hydrogen-bond donors (Lipinski definition) is 1. The summed E-state index contributed by atoms with van der Waals surface area (Å²) in [6, 6.07) is 1.99. The van der Waals surface area contributed by atoms with E-state index in [1.165, 1.54) is 0 Å². The van der Waals surface area contributed by atoms with Gasteiger partial charge in [-0.2, -0.15) is 9.05 Å². The van der Waals surface area contributed by atoms with Crippen LogP contribution < -0.4 is 4.52 Å². The molecule has 0 aromatic carbocycles. The number of pyridine rings is 1. The van der Waals surface area contributed by atoms with Gasteiger partial charge in [0.1, 0.15) is 18.9 Å². The van der Waals surface area contributed by atoms with Crippen LogP contribution in [0.25, 0.3) is 0 Å². The summed E-state index contributed by atoms with van der Waals surface area (Å²) in [6.45, 7) is 4.82. The summed E-state index contributed by atoms with van der Waals surface area (Å²) < 4.78 is 16.4. The molecule has 0 bridgehead atoms. The van der Waals surface area contributed by atoms with E-state index in [1.54, 1.807) is 6.20 Å². The Kier molecular flexibility index (Phi) is 3.16. The molecular weight excluding hydrogens is 233 g/mol. The molecule has 0 amide bonds. The second-order valence-electron chi connectivity index (χ2n) is 3.23. The minimum absolute atomic E-state index is 0.446. The first-order valence-electron chi connectivity index (χ1n) is 4.69. The van der Waals surface area contributed by atoms with Crippen molar-refractivity contribution >= 4 is 19.4 Å².